The summed E-state index contributed by atoms with van der Waals surface area (Å²) in [4.78, 5) is 26.9. The number of unbranched alkanes of at least 4 members (excludes halogenated alkanes) is 2. The van der Waals surface area contributed by atoms with Gasteiger partial charge in [0.25, 0.3) is 0 Å². The molecule has 0 amide bonds. The lowest BCUT2D eigenvalue weighted by atomic mass is 9.98. The Bertz CT molecular complexity index is 833. The molecule has 4 nitrogen and oxygen atoms in total. The lowest BCUT2D eigenvalue weighted by molar-refractivity contribution is 0.0433. The number of ether oxygens (including phenoxy) is 1. The second-order valence-corrected chi connectivity index (χ2v) is 7.88. The van der Waals surface area contributed by atoms with Gasteiger partial charge in [0.15, 0.2) is 18.3 Å². The Hall–Kier alpha value is -2.24. The molecule has 29 heavy (non-hydrogen) atoms. The molecule has 0 aliphatic carbocycles. The number of carbonyl (C=O) groups excluding carboxylic acids is 2. The molecule has 0 saturated heterocycles. The van der Waals surface area contributed by atoms with Crippen LogP contribution in [-0.4, -0.2) is 36.8 Å². The number of hydrogen-bond acceptors (Lipinski definition) is 4. The summed E-state index contributed by atoms with van der Waals surface area (Å²) >= 11 is 3.37. The average Bonchev–Trinajstić information content (AvgIpc) is 2.73. The van der Waals surface area contributed by atoms with E-state index in [-0.39, 0.29) is 17.6 Å². The number of carbonyl (C=O) groups is 2. The Morgan fingerprint density at radius 2 is 1.93 bits per heavy atom. The van der Waals surface area contributed by atoms with Crippen LogP contribution in [0.2, 0.25) is 0 Å². The van der Waals surface area contributed by atoms with Crippen LogP contribution in [0.4, 0.5) is 0 Å². The van der Waals surface area contributed by atoms with Crippen LogP contribution >= 0.6 is 15.9 Å². The number of ketones is 1. The molecule has 0 aliphatic heterocycles. The fraction of sp³-hybridized carbons (Fsp3) is 0.333. The monoisotopic (exact) mass is 457 g/mol. The highest BCUT2D eigenvalue weighted by molar-refractivity contribution is 9.10. The summed E-state index contributed by atoms with van der Waals surface area (Å²) < 4.78 is 7.12. The molecular formula is C24H28BrNO3. The molecule has 0 spiro atoms. The van der Waals surface area contributed by atoms with Crippen molar-refractivity contribution in [3.8, 4) is 5.75 Å². The molecule has 2 rings (SSSR count). The molecule has 0 radical (unpaired) electrons. The van der Waals surface area contributed by atoms with Gasteiger partial charge in [-0.3, -0.25) is 14.5 Å². The van der Waals surface area contributed by atoms with Crippen LogP contribution in [0.5, 0.6) is 5.75 Å². The Morgan fingerprint density at radius 3 is 2.55 bits per heavy atom. The third kappa shape index (κ3) is 6.38. The van der Waals surface area contributed by atoms with Crippen molar-refractivity contribution in [3.05, 3.63) is 76.3 Å². The third-order valence-corrected chi connectivity index (χ3v) is 5.29. The smallest absolute Gasteiger partial charge is 0.193 e. The number of rotatable bonds is 12. The molecule has 0 heterocycles. The quantitative estimate of drug-likeness (QED) is 0.131. The number of likely N-dealkylation sites (N-methyl/N-ethyl adjacent to an activating group) is 1. The zero-order valence-electron chi connectivity index (χ0n) is 17.1. The lowest BCUT2D eigenvalue weighted by Crippen LogP contribution is -2.37. The van der Waals surface area contributed by atoms with E-state index < -0.39 is 0 Å². The SMILES string of the molecule is C=CCN(C)C(CCCCC)Oc1cccc(C(=O)c2ccc(Br)cc2)c1C=O. The van der Waals surface area contributed by atoms with Gasteiger partial charge in [0.2, 0.25) is 0 Å². The minimum Gasteiger partial charge on any atom is -0.474 e. The zero-order valence-corrected chi connectivity index (χ0v) is 18.7. The Morgan fingerprint density at radius 1 is 1.21 bits per heavy atom. The Balaban J connectivity index is 2.32. The molecule has 2 aromatic rings. The largest absolute Gasteiger partial charge is 0.474 e. The maximum atomic E-state index is 13.0. The lowest BCUT2D eigenvalue weighted by Gasteiger charge is -2.28. The highest BCUT2D eigenvalue weighted by Crippen LogP contribution is 2.26. The molecule has 1 unspecified atom stereocenters. The number of nitrogens with zero attached hydrogens (tertiary/aromatic N) is 1. The zero-order chi connectivity index (χ0) is 21.2. The number of hydrogen-bond donors (Lipinski definition) is 0. The van der Waals surface area contributed by atoms with Crippen molar-refractivity contribution in [2.75, 3.05) is 13.6 Å². The van der Waals surface area contributed by atoms with E-state index in [1.807, 2.05) is 25.3 Å². The second-order valence-electron chi connectivity index (χ2n) is 6.97. The Labute approximate surface area is 181 Å². The first-order valence-electron chi connectivity index (χ1n) is 9.88. The van der Waals surface area contributed by atoms with Crippen molar-refractivity contribution in [2.45, 2.75) is 38.8 Å². The second kappa shape index (κ2) is 11.7. The average molecular weight is 458 g/mol. The summed E-state index contributed by atoms with van der Waals surface area (Å²) in [6.45, 7) is 6.63. The molecule has 0 aromatic heterocycles. The molecule has 1 atom stereocenters. The van der Waals surface area contributed by atoms with Gasteiger partial charge in [0, 0.05) is 22.1 Å². The van der Waals surface area contributed by atoms with Gasteiger partial charge in [0.05, 0.1) is 5.56 Å². The number of benzene rings is 2. The first-order valence-corrected chi connectivity index (χ1v) is 10.7. The predicted octanol–water partition coefficient (Wildman–Crippen LogP) is 5.90. The first kappa shape index (κ1) is 23.0. The van der Waals surface area contributed by atoms with Crippen molar-refractivity contribution in [3.63, 3.8) is 0 Å². The summed E-state index contributed by atoms with van der Waals surface area (Å²) in [6.07, 6.45) is 6.43. The number of halogens is 1. The highest BCUT2D eigenvalue weighted by atomic mass is 79.9. The van der Waals surface area contributed by atoms with E-state index in [2.05, 4.69) is 34.3 Å². The van der Waals surface area contributed by atoms with Gasteiger partial charge in [-0.15, -0.1) is 6.58 Å². The van der Waals surface area contributed by atoms with Gasteiger partial charge >= 0.3 is 0 Å². The molecular weight excluding hydrogens is 430 g/mol. The van der Waals surface area contributed by atoms with Crippen LogP contribution in [0.1, 0.15) is 58.9 Å². The van der Waals surface area contributed by atoms with Gasteiger partial charge in [0.1, 0.15) is 5.75 Å². The van der Waals surface area contributed by atoms with Gasteiger partial charge in [-0.25, -0.2) is 0 Å². The molecule has 0 saturated carbocycles. The maximum absolute atomic E-state index is 13.0. The molecule has 0 aliphatic rings. The van der Waals surface area contributed by atoms with Crippen LogP contribution < -0.4 is 4.74 Å². The first-order chi connectivity index (χ1) is 14.0. The summed E-state index contributed by atoms with van der Waals surface area (Å²) in [6, 6.07) is 12.3. The van der Waals surface area contributed by atoms with Crippen LogP contribution in [0.25, 0.3) is 0 Å². The normalized spacial score (nSPS) is 11.9. The number of aldehydes is 1. The molecule has 2 aromatic carbocycles. The third-order valence-electron chi connectivity index (χ3n) is 4.76. The standard InChI is InChI=1S/C24H28BrNO3/c1-4-6-7-11-23(26(3)16-5-2)29-22-10-8-9-20(21(22)17-27)24(28)18-12-14-19(25)15-13-18/h5,8-10,12-15,17,23H,2,4,6-7,11,16H2,1,3H3. The molecule has 0 bridgehead atoms. The van der Waals surface area contributed by atoms with Gasteiger partial charge < -0.3 is 4.74 Å². The van der Waals surface area contributed by atoms with E-state index in [0.717, 1.165) is 30.2 Å². The van der Waals surface area contributed by atoms with E-state index in [0.29, 0.717) is 29.7 Å². The van der Waals surface area contributed by atoms with Crippen molar-refractivity contribution >= 4 is 28.0 Å². The van der Waals surface area contributed by atoms with Crippen LogP contribution in [0, 0.1) is 0 Å². The fourth-order valence-corrected chi connectivity index (χ4v) is 3.39. The molecule has 5 heteroatoms. The predicted molar refractivity (Wildman–Crippen MR) is 121 cm³/mol. The summed E-state index contributed by atoms with van der Waals surface area (Å²) in [5, 5.41) is 0. The Kier molecular flexibility index (Phi) is 9.29. The summed E-state index contributed by atoms with van der Waals surface area (Å²) in [5.74, 6) is 0.229. The van der Waals surface area contributed by atoms with Crippen molar-refractivity contribution in [1.82, 2.24) is 4.90 Å². The van der Waals surface area contributed by atoms with Crippen LogP contribution in [0.3, 0.4) is 0 Å². The molecule has 154 valence electrons. The van der Waals surface area contributed by atoms with Gasteiger partial charge in [-0.05, 0) is 50.2 Å². The van der Waals surface area contributed by atoms with Crippen LogP contribution in [0.15, 0.2) is 59.6 Å². The molecule has 0 N–H and O–H groups in total. The minimum atomic E-state index is -0.202. The van der Waals surface area contributed by atoms with E-state index in [4.69, 9.17) is 4.74 Å². The fourth-order valence-electron chi connectivity index (χ4n) is 3.13. The van der Waals surface area contributed by atoms with E-state index in [1.54, 1.807) is 30.3 Å². The van der Waals surface area contributed by atoms with E-state index in [1.165, 1.54) is 0 Å². The van der Waals surface area contributed by atoms with Crippen molar-refractivity contribution < 1.29 is 14.3 Å². The maximum Gasteiger partial charge on any atom is 0.193 e. The summed E-state index contributed by atoms with van der Waals surface area (Å²) in [5.41, 5.74) is 1.16. The van der Waals surface area contributed by atoms with E-state index >= 15 is 0 Å². The molecule has 0 fully saturated rings. The van der Waals surface area contributed by atoms with Crippen molar-refractivity contribution in [1.29, 1.82) is 0 Å². The van der Waals surface area contributed by atoms with E-state index in [9.17, 15) is 9.59 Å². The van der Waals surface area contributed by atoms with Gasteiger partial charge in [-0.2, -0.15) is 0 Å². The topological polar surface area (TPSA) is 46.6 Å². The highest BCUT2D eigenvalue weighted by Gasteiger charge is 2.21. The van der Waals surface area contributed by atoms with Crippen LogP contribution in [-0.2, 0) is 0 Å². The van der Waals surface area contributed by atoms with Crippen molar-refractivity contribution in [2.24, 2.45) is 0 Å². The summed E-state index contributed by atoms with van der Waals surface area (Å²) in [7, 11) is 1.97. The van der Waals surface area contributed by atoms with Gasteiger partial charge in [-0.1, -0.05) is 53.9 Å². The minimum absolute atomic E-state index is 0.198.